The molecule has 2 rings (SSSR count). The molecule has 2 heterocycles. The van der Waals surface area contributed by atoms with E-state index in [1.165, 1.54) is 6.42 Å². The van der Waals surface area contributed by atoms with Crippen molar-refractivity contribution in [1.29, 1.82) is 0 Å². The Morgan fingerprint density at radius 3 is 2.95 bits per heavy atom. The molecule has 110 valence electrons. The predicted molar refractivity (Wildman–Crippen MR) is 73.0 cm³/mol. The van der Waals surface area contributed by atoms with Crippen LogP contribution >= 0.6 is 0 Å². The summed E-state index contributed by atoms with van der Waals surface area (Å²) in [6, 6.07) is 0.159. The summed E-state index contributed by atoms with van der Waals surface area (Å²) >= 11 is 0. The SMILES string of the molecule is CCCNC1COCC1C(=O)NCC1CCCCO1. The van der Waals surface area contributed by atoms with Gasteiger partial charge in [-0.1, -0.05) is 6.92 Å². The maximum absolute atomic E-state index is 12.2. The first-order valence-corrected chi connectivity index (χ1v) is 7.51. The highest BCUT2D eigenvalue weighted by Crippen LogP contribution is 2.15. The van der Waals surface area contributed by atoms with Crippen LogP contribution in [-0.2, 0) is 14.3 Å². The normalized spacial score (nSPS) is 31.3. The third-order valence-electron chi connectivity index (χ3n) is 3.85. The van der Waals surface area contributed by atoms with Gasteiger partial charge in [0, 0.05) is 19.2 Å². The fourth-order valence-corrected chi connectivity index (χ4v) is 2.66. The second-order valence-electron chi connectivity index (χ2n) is 5.44. The summed E-state index contributed by atoms with van der Waals surface area (Å²) in [4.78, 5) is 12.2. The molecule has 0 spiro atoms. The maximum Gasteiger partial charge on any atom is 0.227 e. The molecule has 5 heteroatoms. The quantitative estimate of drug-likeness (QED) is 0.745. The van der Waals surface area contributed by atoms with Crippen molar-refractivity contribution in [1.82, 2.24) is 10.6 Å². The largest absolute Gasteiger partial charge is 0.379 e. The Morgan fingerprint density at radius 1 is 1.32 bits per heavy atom. The number of ether oxygens (including phenoxy) is 2. The molecule has 3 unspecified atom stereocenters. The molecule has 1 amide bonds. The van der Waals surface area contributed by atoms with Crippen LogP contribution in [0, 0.1) is 5.92 Å². The van der Waals surface area contributed by atoms with E-state index in [0.717, 1.165) is 32.4 Å². The van der Waals surface area contributed by atoms with Gasteiger partial charge in [-0.25, -0.2) is 0 Å². The Kier molecular flexibility index (Phi) is 6.07. The minimum absolute atomic E-state index is 0.0601. The van der Waals surface area contributed by atoms with Gasteiger partial charge in [0.15, 0.2) is 0 Å². The molecule has 19 heavy (non-hydrogen) atoms. The summed E-state index contributed by atoms with van der Waals surface area (Å²) in [6.07, 6.45) is 4.67. The second kappa shape index (κ2) is 7.82. The van der Waals surface area contributed by atoms with E-state index in [2.05, 4.69) is 17.6 Å². The highest BCUT2D eigenvalue weighted by atomic mass is 16.5. The van der Waals surface area contributed by atoms with E-state index in [9.17, 15) is 4.79 Å². The van der Waals surface area contributed by atoms with Gasteiger partial charge in [0.2, 0.25) is 5.91 Å². The average Bonchev–Trinajstić information content (AvgIpc) is 2.92. The van der Waals surface area contributed by atoms with Gasteiger partial charge in [0.25, 0.3) is 0 Å². The van der Waals surface area contributed by atoms with Crippen LogP contribution in [0.5, 0.6) is 0 Å². The summed E-state index contributed by atoms with van der Waals surface area (Å²) in [7, 11) is 0. The zero-order chi connectivity index (χ0) is 13.5. The Hall–Kier alpha value is -0.650. The molecule has 0 aromatic heterocycles. The van der Waals surface area contributed by atoms with Gasteiger partial charge in [0.05, 0.1) is 25.2 Å². The first kappa shape index (κ1) is 14.8. The molecule has 0 aromatic rings. The van der Waals surface area contributed by atoms with Crippen molar-refractivity contribution >= 4 is 5.91 Å². The lowest BCUT2D eigenvalue weighted by Crippen LogP contribution is -2.46. The first-order chi connectivity index (χ1) is 9.31. The molecule has 0 radical (unpaired) electrons. The van der Waals surface area contributed by atoms with Gasteiger partial charge >= 0.3 is 0 Å². The number of carbonyl (C=O) groups excluding carboxylic acids is 1. The minimum atomic E-state index is -0.0601. The molecule has 2 aliphatic rings. The van der Waals surface area contributed by atoms with Crippen molar-refractivity contribution in [2.75, 3.05) is 32.9 Å². The van der Waals surface area contributed by atoms with Crippen LogP contribution in [-0.4, -0.2) is 51.0 Å². The Morgan fingerprint density at radius 2 is 2.21 bits per heavy atom. The van der Waals surface area contributed by atoms with Crippen LogP contribution in [0.1, 0.15) is 32.6 Å². The number of hydrogen-bond acceptors (Lipinski definition) is 4. The lowest BCUT2D eigenvalue weighted by atomic mass is 10.0. The summed E-state index contributed by atoms with van der Waals surface area (Å²) in [5.41, 5.74) is 0. The van der Waals surface area contributed by atoms with E-state index < -0.39 is 0 Å². The van der Waals surface area contributed by atoms with Crippen molar-refractivity contribution in [3.63, 3.8) is 0 Å². The highest BCUT2D eigenvalue weighted by molar-refractivity contribution is 5.79. The molecular formula is C14H26N2O3. The molecule has 2 aliphatic heterocycles. The van der Waals surface area contributed by atoms with Gasteiger partial charge in [-0.15, -0.1) is 0 Å². The van der Waals surface area contributed by atoms with Crippen molar-refractivity contribution in [3.8, 4) is 0 Å². The first-order valence-electron chi connectivity index (χ1n) is 7.51. The standard InChI is InChI=1S/C14H26N2O3/c1-2-6-15-13-10-18-9-12(13)14(17)16-8-11-5-3-4-7-19-11/h11-13,15H,2-10H2,1H3,(H,16,17). The van der Waals surface area contributed by atoms with E-state index in [1.54, 1.807) is 0 Å². The highest BCUT2D eigenvalue weighted by Gasteiger charge is 2.33. The topological polar surface area (TPSA) is 59.6 Å². The number of hydrogen-bond donors (Lipinski definition) is 2. The molecule has 2 saturated heterocycles. The zero-order valence-corrected chi connectivity index (χ0v) is 11.8. The van der Waals surface area contributed by atoms with Crippen LogP contribution in [0.15, 0.2) is 0 Å². The minimum Gasteiger partial charge on any atom is -0.379 e. The molecule has 0 aliphatic carbocycles. The van der Waals surface area contributed by atoms with Crippen LogP contribution in [0.4, 0.5) is 0 Å². The fourth-order valence-electron chi connectivity index (χ4n) is 2.66. The van der Waals surface area contributed by atoms with Gasteiger partial charge in [-0.2, -0.15) is 0 Å². The van der Waals surface area contributed by atoms with Crippen molar-refractivity contribution in [3.05, 3.63) is 0 Å². The maximum atomic E-state index is 12.2. The Labute approximate surface area is 115 Å². The number of amides is 1. The summed E-state index contributed by atoms with van der Waals surface area (Å²) < 4.78 is 11.0. The Bertz CT molecular complexity index is 280. The van der Waals surface area contributed by atoms with E-state index in [-0.39, 0.29) is 24.0 Å². The van der Waals surface area contributed by atoms with Crippen LogP contribution in [0.3, 0.4) is 0 Å². The van der Waals surface area contributed by atoms with E-state index in [1.807, 2.05) is 0 Å². The lowest BCUT2D eigenvalue weighted by molar-refractivity contribution is -0.126. The lowest BCUT2D eigenvalue weighted by Gasteiger charge is -2.24. The molecule has 0 saturated carbocycles. The third-order valence-corrected chi connectivity index (χ3v) is 3.85. The molecule has 2 N–H and O–H groups in total. The molecule has 3 atom stereocenters. The molecule has 2 fully saturated rings. The van der Waals surface area contributed by atoms with Crippen LogP contribution in [0.2, 0.25) is 0 Å². The Balaban J connectivity index is 1.71. The number of carbonyl (C=O) groups is 1. The van der Waals surface area contributed by atoms with E-state index in [0.29, 0.717) is 19.8 Å². The number of rotatable bonds is 6. The predicted octanol–water partition coefficient (Wildman–Crippen LogP) is 0.686. The van der Waals surface area contributed by atoms with Crippen molar-refractivity contribution < 1.29 is 14.3 Å². The summed E-state index contributed by atoms with van der Waals surface area (Å²) in [5, 5.41) is 6.40. The molecule has 0 bridgehead atoms. The van der Waals surface area contributed by atoms with Crippen LogP contribution in [0.25, 0.3) is 0 Å². The third kappa shape index (κ3) is 4.44. The van der Waals surface area contributed by atoms with Crippen molar-refractivity contribution in [2.24, 2.45) is 5.92 Å². The van der Waals surface area contributed by atoms with Gasteiger partial charge in [0.1, 0.15) is 0 Å². The smallest absolute Gasteiger partial charge is 0.227 e. The second-order valence-corrected chi connectivity index (χ2v) is 5.44. The fraction of sp³-hybridized carbons (Fsp3) is 0.929. The van der Waals surface area contributed by atoms with Crippen molar-refractivity contribution in [2.45, 2.75) is 44.8 Å². The zero-order valence-electron chi connectivity index (χ0n) is 11.8. The van der Waals surface area contributed by atoms with Gasteiger partial charge in [-0.3, -0.25) is 4.79 Å². The summed E-state index contributed by atoms with van der Waals surface area (Å²) in [6.45, 7) is 5.68. The van der Waals surface area contributed by atoms with Gasteiger partial charge < -0.3 is 20.1 Å². The van der Waals surface area contributed by atoms with Crippen LogP contribution < -0.4 is 10.6 Å². The number of nitrogens with one attached hydrogen (secondary N) is 2. The summed E-state index contributed by atoms with van der Waals surface area (Å²) in [5.74, 6) is 0.0374. The molecular weight excluding hydrogens is 244 g/mol. The monoisotopic (exact) mass is 270 g/mol. The van der Waals surface area contributed by atoms with E-state index >= 15 is 0 Å². The van der Waals surface area contributed by atoms with Gasteiger partial charge in [-0.05, 0) is 32.2 Å². The molecule has 0 aromatic carbocycles. The van der Waals surface area contributed by atoms with E-state index in [4.69, 9.17) is 9.47 Å². The molecule has 5 nitrogen and oxygen atoms in total. The average molecular weight is 270 g/mol.